The lowest BCUT2D eigenvalue weighted by molar-refractivity contribution is 0.199. The average Bonchev–Trinajstić information content (AvgIpc) is 2.52. The molecular formula is C17H20ClNO2. The van der Waals surface area contributed by atoms with E-state index in [0.29, 0.717) is 6.61 Å². The van der Waals surface area contributed by atoms with Gasteiger partial charge < -0.3 is 14.8 Å². The van der Waals surface area contributed by atoms with E-state index in [0.717, 1.165) is 36.0 Å². The standard InChI is InChI=1S/C17H20ClNO2/c1-20-11-10-19-12-14-4-8-17(9-5-14)21-13-15-2-6-16(18)7-3-15/h2-9,19H,10-13H2,1H3. The van der Waals surface area contributed by atoms with Crippen molar-refractivity contribution < 1.29 is 9.47 Å². The quantitative estimate of drug-likeness (QED) is 0.755. The Balaban J connectivity index is 1.78. The molecule has 0 fully saturated rings. The van der Waals surface area contributed by atoms with Gasteiger partial charge >= 0.3 is 0 Å². The van der Waals surface area contributed by atoms with Gasteiger partial charge in [-0.2, -0.15) is 0 Å². The predicted molar refractivity (Wildman–Crippen MR) is 85.8 cm³/mol. The molecule has 21 heavy (non-hydrogen) atoms. The number of hydrogen-bond donors (Lipinski definition) is 1. The molecule has 1 N–H and O–H groups in total. The number of rotatable bonds is 8. The maximum atomic E-state index is 5.85. The molecular weight excluding hydrogens is 286 g/mol. The van der Waals surface area contributed by atoms with Gasteiger partial charge in [0.05, 0.1) is 6.61 Å². The van der Waals surface area contributed by atoms with Crippen LogP contribution in [0, 0.1) is 0 Å². The average molecular weight is 306 g/mol. The highest BCUT2D eigenvalue weighted by Gasteiger charge is 1.98. The molecule has 0 saturated carbocycles. The van der Waals surface area contributed by atoms with Gasteiger partial charge in [0.1, 0.15) is 12.4 Å². The van der Waals surface area contributed by atoms with Crippen molar-refractivity contribution in [2.45, 2.75) is 13.2 Å². The van der Waals surface area contributed by atoms with Crippen LogP contribution in [-0.4, -0.2) is 20.3 Å². The Labute approximate surface area is 130 Å². The Hall–Kier alpha value is -1.55. The van der Waals surface area contributed by atoms with E-state index < -0.39 is 0 Å². The molecule has 0 unspecified atom stereocenters. The molecule has 2 rings (SSSR count). The SMILES string of the molecule is COCCNCc1ccc(OCc2ccc(Cl)cc2)cc1. The lowest BCUT2D eigenvalue weighted by atomic mass is 10.2. The summed E-state index contributed by atoms with van der Waals surface area (Å²) in [6.45, 7) is 2.96. The molecule has 0 bridgehead atoms. The van der Waals surface area contributed by atoms with Gasteiger partial charge in [0.2, 0.25) is 0 Å². The Morgan fingerprint density at radius 2 is 1.62 bits per heavy atom. The molecule has 3 nitrogen and oxygen atoms in total. The Morgan fingerprint density at radius 3 is 2.29 bits per heavy atom. The smallest absolute Gasteiger partial charge is 0.119 e. The molecule has 2 aromatic rings. The van der Waals surface area contributed by atoms with Crippen molar-refractivity contribution in [1.82, 2.24) is 5.32 Å². The molecule has 0 heterocycles. The van der Waals surface area contributed by atoms with E-state index in [9.17, 15) is 0 Å². The van der Waals surface area contributed by atoms with Crippen LogP contribution >= 0.6 is 11.6 Å². The summed E-state index contributed by atoms with van der Waals surface area (Å²) in [4.78, 5) is 0. The molecule has 0 radical (unpaired) electrons. The number of hydrogen-bond acceptors (Lipinski definition) is 3. The van der Waals surface area contributed by atoms with Crippen molar-refractivity contribution in [2.75, 3.05) is 20.3 Å². The first-order chi connectivity index (χ1) is 10.3. The van der Waals surface area contributed by atoms with Crippen molar-refractivity contribution in [1.29, 1.82) is 0 Å². The van der Waals surface area contributed by atoms with Crippen molar-refractivity contribution in [3.8, 4) is 5.75 Å². The fraction of sp³-hybridized carbons (Fsp3) is 0.294. The van der Waals surface area contributed by atoms with E-state index in [2.05, 4.69) is 17.4 Å². The summed E-state index contributed by atoms with van der Waals surface area (Å²) in [5.74, 6) is 0.866. The molecule has 0 atom stereocenters. The zero-order valence-electron chi connectivity index (χ0n) is 12.1. The van der Waals surface area contributed by atoms with Crippen molar-refractivity contribution in [2.24, 2.45) is 0 Å². The van der Waals surface area contributed by atoms with Gasteiger partial charge in [0.25, 0.3) is 0 Å². The third-order valence-electron chi connectivity index (χ3n) is 3.05. The first-order valence-corrected chi connectivity index (χ1v) is 7.31. The summed E-state index contributed by atoms with van der Waals surface area (Å²) in [6.07, 6.45) is 0. The van der Waals surface area contributed by atoms with Crippen LogP contribution in [0.5, 0.6) is 5.75 Å². The summed E-state index contributed by atoms with van der Waals surface area (Å²) >= 11 is 5.85. The minimum Gasteiger partial charge on any atom is -0.489 e. The van der Waals surface area contributed by atoms with Crippen LogP contribution in [0.2, 0.25) is 5.02 Å². The minimum atomic E-state index is 0.544. The maximum absolute atomic E-state index is 5.85. The minimum absolute atomic E-state index is 0.544. The molecule has 4 heteroatoms. The number of ether oxygens (including phenoxy) is 2. The molecule has 0 aliphatic rings. The van der Waals surface area contributed by atoms with E-state index in [1.165, 1.54) is 5.56 Å². The second-order valence-electron chi connectivity index (χ2n) is 4.73. The second-order valence-corrected chi connectivity index (χ2v) is 5.17. The van der Waals surface area contributed by atoms with E-state index in [1.807, 2.05) is 36.4 Å². The third-order valence-corrected chi connectivity index (χ3v) is 3.31. The largest absolute Gasteiger partial charge is 0.489 e. The summed E-state index contributed by atoms with van der Waals surface area (Å²) in [5.41, 5.74) is 2.33. The molecule has 0 aromatic heterocycles. The van der Waals surface area contributed by atoms with Crippen molar-refractivity contribution in [3.05, 3.63) is 64.7 Å². The van der Waals surface area contributed by atoms with Crippen LogP contribution in [0.1, 0.15) is 11.1 Å². The number of methoxy groups -OCH3 is 1. The third kappa shape index (κ3) is 5.76. The van der Waals surface area contributed by atoms with Crippen molar-refractivity contribution in [3.63, 3.8) is 0 Å². The molecule has 0 amide bonds. The van der Waals surface area contributed by atoms with Gasteiger partial charge in [-0.05, 0) is 35.4 Å². The normalized spacial score (nSPS) is 10.6. The zero-order chi connectivity index (χ0) is 14.9. The Morgan fingerprint density at radius 1 is 0.952 bits per heavy atom. The van der Waals surface area contributed by atoms with Crippen molar-refractivity contribution >= 4 is 11.6 Å². The molecule has 0 spiro atoms. The van der Waals surface area contributed by atoms with Gasteiger partial charge in [0.15, 0.2) is 0 Å². The van der Waals surface area contributed by atoms with Gasteiger partial charge in [-0.15, -0.1) is 0 Å². The highest BCUT2D eigenvalue weighted by atomic mass is 35.5. The Bertz CT molecular complexity index is 525. The first-order valence-electron chi connectivity index (χ1n) is 6.94. The predicted octanol–water partition coefficient (Wildman–Crippen LogP) is 3.66. The molecule has 0 aliphatic carbocycles. The lowest BCUT2D eigenvalue weighted by Gasteiger charge is -2.08. The van der Waals surface area contributed by atoms with Crippen LogP contribution in [0.15, 0.2) is 48.5 Å². The van der Waals surface area contributed by atoms with Gasteiger partial charge in [0, 0.05) is 25.2 Å². The van der Waals surface area contributed by atoms with E-state index >= 15 is 0 Å². The monoisotopic (exact) mass is 305 g/mol. The van der Waals surface area contributed by atoms with Crippen LogP contribution in [0.3, 0.4) is 0 Å². The van der Waals surface area contributed by atoms with E-state index in [-0.39, 0.29) is 0 Å². The highest BCUT2D eigenvalue weighted by molar-refractivity contribution is 6.30. The van der Waals surface area contributed by atoms with Gasteiger partial charge in [-0.3, -0.25) is 0 Å². The summed E-state index contributed by atoms with van der Waals surface area (Å²) in [7, 11) is 1.70. The highest BCUT2D eigenvalue weighted by Crippen LogP contribution is 2.15. The number of halogens is 1. The topological polar surface area (TPSA) is 30.5 Å². The van der Waals surface area contributed by atoms with E-state index in [1.54, 1.807) is 7.11 Å². The maximum Gasteiger partial charge on any atom is 0.119 e. The van der Waals surface area contributed by atoms with Gasteiger partial charge in [-0.1, -0.05) is 35.9 Å². The fourth-order valence-electron chi connectivity index (χ4n) is 1.86. The van der Waals surface area contributed by atoms with Crippen LogP contribution in [0.4, 0.5) is 0 Å². The van der Waals surface area contributed by atoms with E-state index in [4.69, 9.17) is 21.1 Å². The van der Waals surface area contributed by atoms with Crippen LogP contribution < -0.4 is 10.1 Å². The summed E-state index contributed by atoms with van der Waals surface area (Å²) in [5, 5.41) is 4.05. The lowest BCUT2D eigenvalue weighted by Crippen LogP contribution is -2.18. The number of nitrogens with one attached hydrogen (secondary N) is 1. The van der Waals surface area contributed by atoms with Crippen LogP contribution in [-0.2, 0) is 17.9 Å². The molecule has 2 aromatic carbocycles. The second kappa shape index (κ2) is 8.67. The Kier molecular flexibility index (Phi) is 6.54. The van der Waals surface area contributed by atoms with Crippen LogP contribution in [0.25, 0.3) is 0 Å². The summed E-state index contributed by atoms with van der Waals surface area (Å²) in [6, 6.07) is 15.8. The van der Waals surface area contributed by atoms with Gasteiger partial charge in [-0.25, -0.2) is 0 Å². The first kappa shape index (κ1) is 15.8. The zero-order valence-corrected chi connectivity index (χ0v) is 12.9. The summed E-state index contributed by atoms with van der Waals surface area (Å²) < 4.78 is 10.7. The molecule has 0 saturated heterocycles. The fourth-order valence-corrected chi connectivity index (χ4v) is 1.98. The number of benzene rings is 2. The molecule has 0 aliphatic heterocycles. The molecule has 112 valence electrons.